The molecule has 0 N–H and O–H groups in total. The third kappa shape index (κ3) is 4.23. The number of aromatic nitrogens is 4. The van der Waals surface area contributed by atoms with Crippen LogP contribution in [0.2, 0.25) is 0 Å². The minimum atomic E-state index is -0.970. The van der Waals surface area contributed by atoms with Crippen LogP contribution in [0.4, 0.5) is 4.79 Å². The first-order chi connectivity index (χ1) is 14.1. The highest BCUT2D eigenvalue weighted by Gasteiger charge is 2.36. The molecule has 0 aromatic carbocycles. The standard InChI is InChI=1S/C18H19N5O6/c24-14-7-8-15(25)23(14)18(26)28-10-11-4-3-6-13(29-11)17-21-19-16(20-22-17)12-5-1-2-9-27-12/h5-6,11H,1-4,7-10H2. The zero-order valence-corrected chi connectivity index (χ0v) is 15.6. The van der Waals surface area contributed by atoms with E-state index in [9.17, 15) is 14.4 Å². The lowest BCUT2D eigenvalue weighted by Gasteiger charge is -2.24. The van der Waals surface area contributed by atoms with Gasteiger partial charge < -0.3 is 14.2 Å². The van der Waals surface area contributed by atoms with E-state index in [4.69, 9.17) is 14.2 Å². The van der Waals surface area contributed by atoms with E-state index >= 15 is 0 Å². The summed E-state index contributed by atoms with van der Waals surface area (Å²) >= 11 is 0. The molecule has 0 saturated carbocycles. The molecule has 152 valence electrons. The summed E-state index contributed by atoms with van der Waals surface area (Å²) in [5.41, 5.74) is 0. The van der Waals surface area contributed by atoms with Crippen molar-refractivity contribution in [1.82, 2.24) is 25.3 Å². The van der Waals surface area contributed by atoms with Crippen LogP contribution in [-0.4, -0.2) is 62.5 Å². The molecule has 1 fully saturated rings. The minimum absolute atomic E-state index is 0.0238. The normalized spacial score (nSPS) is 21.8. The molecule has 1 aromatic heterocycles. The van der Waals surface area contributed by atoms with Crippen LogP contribution in [0.5, 0.6) is 0 Å². The SMILES string of the molecule is O=C1CCC(=O)N1C(=O)OCC1CCC=C(c2nnc(C3=CCCCO3)nn2)O1. The van der Waals surface area contributed by atoms with E-state index in [1.807, 2.05) is 6.08 Å². The van der Waals surface area contributed by atoms with Crippen molar-refractivity contribution >= 4 is 29.4 Å². The monoisotopic (exact) mass is 401 g/mol. The molecule has 11 nitrogen and oxygen atoms in total. The first kappa shape index (κ1) is 19.0. The Morgan fingerprint density at radius 1 is 1.03 bits per heavy atom. The predicted octanol–water partition coefficient (Wildman–Crippen LogP) is 1.22. The van der Waals surface area contributed by atoms with Crippen molar-refractivity contribution in [2.45, 2.75) is 44.6 Å². The molecule has 0 aliphatic carbocycles. The third-order valence-electron chi connectivity index (χ3n) is 4.59. The van der Waals surface area contributed by atoms with E-state index in [0.29, 0.717) is 41.7 Å². The first-order valence-electron chi connectivity index (χ1n) is 9.42. The number of nitrogens with zero attached hydrogens (tertiary/aromatic N) is 5. The number of amides is 3. The second-order valence-electron chi connectivity index (χ2n) is 6.69. The summed E-state index contributed by atoms with van der Waals surface area (Å²) in [6, 6.07) is 0. The summed E-state index contributed by atoms with van der Waals surface area (Å²) in [7, 11) is 0. The molecule has 1 aromatic rings. The number of rotatable bonds is 4. The van der Waals surface area contributed by atoms with Crippen LogP contribution in [0, 0.1) is 0 Å². The minimum Gasteiger partial charge on any atom is -0.490 e. The van der Waals surface area contributed by atoms with Gasteiger partial charge in [0.2, 0.25) is 23.5 Å². The van der Waals surface area contributed by atoms with E-state index in [2.05, 4.69) is 20.4 Å². The zero-order chi connectivity index (χ0) is 20.2. The maximum absolute atomic E-state index is 12.0. The molecule has 3 amide bonds. The molecule has 29 heavy (non-hydrogen) atoms. The highest BCUT2D eigenvalue weighted by Crippen LogP contribution is 2.24. The van der Waals surface area contributed by atoms with Crippen LogP contribution in [0.25, 0.3) is 11.5 Å². The Hall–Kier alpha value is -3.37. The quantitative estimate of drug-likeness (QED) is 0.678. The average Bonchev–Trinajstić information content (AvgIpc) is 3.11. The molecular formula is C18H19N5O6. The van der Waals surface area contributed by atoms with Crippen molar-refractivity contribution in [3.05, 3.63) is 23.8 Å². The van der Waals surface area contributed by atoms with Crippen LogP contribution < -0.4 is 0 Å². The summed E-state index contributed by atoms with van der Waals surface area (Å²) in [6.07, 6.45) is 5.42. The summed E-state index contributed by atoms with van der Waals surface area (Å²) < 4.78 is 16.3. The molecule has 1 atom stereocenters. The molecule has 11 heteroatoms. The van der Waals surface area contributed by atoms with E-state index in [1.54, 1.807) is 6.08 Å². The van der Waals surface area contributed by atoms with Crippen LogP contribution in [0.15, 0.2) is 12.2 Å². The lowest BCUT2D eigenvalue weighted by molar-refractivity contribution is -0.136. The number of allylic oxidation sites excluding steroid dienone is 2. The third-order valence-corrected chi connectivity index (χ3v) is 4.59. The van der Waals surface area contributed by atoms with Gasteiger partial charge in [0.05, 0.1) is 6.61 Å². The average molecular weight is 401 g/mol. The lowest BCUT2D eigenvalue weighted by Crippen LogP contribution is -2.37. The number of carbonyl (C=O) groups excluding carboxylic acids is 3. The van der Waals surface area contributed by atoms with Gasteiger partial charge in [0.15, 0.2) is 11.5 Å². The van der Waals surface area contributed by atoms with Crippen molar-refractivity contribution in [2.24, 2.45) is 0 Å². The largest absolute Gasteiger partial charge is 0.490 e. The molecule has 1 unspecified atom stereocenters. The fourth-order valence-electron chi connectivity index (χ4n) is 3.10. The van der Waals surface area contributed by atoms with Crippen molar-refractivity contribution < 1.29 is 28.6 Å². The van der Waals surface area contributed by atoms with Gasteiger partial charge in [0.1, 0.15) is 12.7 Å². The van der Waals surface area contributed by atoms with Gasteiger partial charge in [-0.2, -0.15) is 4.90 Å². The maximum atomic E-state index is 12.0. The molecule has 4 rings (SSSR count). The van der Waals surface area contributed by atoms with Gasteiger partial charge in [-0.3, -0.25) is 9.59 Å². The number of imide groups is 3. The highest BCUT2D eigenvalue weighted by atomic mass is 16.6. The number of likely N-dealkylation sites (tertiary alicyclic amines) is 1. The predicted molar refractivity (Wildman–Crippen MR) is 95.3 cm³/mol. The Morgan fingerprint density at radius 3 is 2.34 bits per heavy atom. The fraction of sp³-hybridized carbons (Fsp3) is 0.500. The smallest absolute Gasteiger partial charge is 0.423 e. The molecule has 0 radical (unpaired) electrons. The van der Waals surface area contributed by atoms with E-state index in [0.717, 1.165) is 12.8 Å². The van der Waals surface area contributed by atoms with E-state index in [1.165, 1.54) is 0 Å². The maximum Gasteiger partial charge on any atom is 0.423 e. The van der Waals surface area contributed by atoms with Crippen LogP contribution in [0.1, 0.15) is 50.2 Å². The van der Waals surface area contributed by atoms with Crippen LogP contribution in [-0.2, 0) is 23.8 Å². The number of ether oxygens (including phenoxy) is 3. The van der Waals surface area contributed by atoms with Gasteiger partial charge in [0.25, 0.3) is 0 Å². The zero-order valence-electron chi connectivity index (χ0n) is 15.6. The summed E-state index contributed by atoms with van der Waals surface area (Å²) in [5.74, 6) is 0.384. The molecule has 0 bridgehead atoms. The Balaban J connectivity index is 1.34. The second kappa shape index (κ2) is 8.33. The number of hydrogen-bond donors (Lipinski definition) is 0. The Labute approximate surface area is 165 Å². The fourth-order valence-corrected chi connectivity index (χ4v) is 3.10. The molecular weight excluding hydrogens is 382 g/mol. The van der Waals surface area contributed by atoms with Gasteiger partial charge in [-0.1, -0.05) is 0 Å². The topological polar surface area (TPSA) is 134 Å². The van der Waals surface area contributed by atoms with Crippen molar-refractivity contribution in [3.8, 4) is 0 Å². The van der Waals surface area contributed by atoms with E-state index < -0.39 is 24.0 Å². The number of carbonyl (C=O) groups is 3. The van der Waals surface area contributed by atoms with Gasteiger partial charge >= 0.3 is 6.09 Å². The van der Waals surface area contributed by atoms with Gasteiger partial charge in [-0.05, 0) is 37.8 Å². The van der Waals surface area contributed by atoms with Gasteiger partial charge in [0, 0.05) is 12.8 Å². The van der Waals surface area contributed by atoms with Crippen LogP contribution >= 0.6 is 0 Å². The molecule has 3 aliphatic heterocycles. The van der Waals surface area contributed by atoms with Crippen LogP contribution in [0.3, 0.4) is 0 Å². The summed E-state index contributed by atoms with van der Waals surface area (Å²) in [4.78, 5) is 35.7. The molecule has 4 heterocycles. The van der Waals surface area contributed by atoms with Crippen molar-refractivity contribution in [1.29, 1.82) is 0 Å². The Kier molecular flexibility index (Phi) is 5.45. The molecule has 1 saturated heterocycles. The second-order valence-corrected chi connectivity index (χ2v) is 6.69. The summed E-state index contributed by atoms with van der Waals surface area (Å²) in [5, 5.41) is 16.2. The molecule has 3 aliphatic rings. The summed E-state index contributed by atoms with van der Waals surface area (Å²) in [6.45, 7) is 0.507. The Morgan fingerprint density at radius 2 is 1.69 bits per heavy atom. The van der Waals surface area contributed by atoms with Crippen molar-refractivity contribution in [2.75, 3.05) is 13.2 Å². The molecule has 0 spiro atoms. The highest BCUT2D eigenvalue weighted by molar-refractivity contribution is 6.13. The number of hydrogen-bond acceptors (Lipinski definition) is 10. The van der Waals surface area contributed by atoms with Gasteiger partial charge in [-0.15, -0.1) is 20.4 Å². The van der Waals surface area contributed by atoms with Gasteiger partial charge in [-0.25, -0.2) is 4.79 Å². The Bertz CT molecular complexity index is 865. The van der Waals surface area contributed by atoms with Crippen molar-refractivity contribution in [3.63, 3.8) is 0 Å². The first-order valence-corrected chi connectivity index (χ1v) is 9.42. The van der Waals surface area contributed by atoms with E-state index in [-0.39, 0.29) is 25.3 Å². The lowest BCUT2D eigenvalue weighted by atomic mass is 10.1.